The number of carbonyl (C=O) groups is 2. The Morgan fingerprint density at radius 2 is 1.72 bits per heavy atom. The maximum atomic E-state index is 13.8. The summed E-state index contributed by atoms with van der Waals surface area (Å²) in [5.74, 6) is -1.29. The van der Waals surface area contributed by atoms with E-state index in [4.69, 9.17) is 0 Å². The monoisotopic (exact) mass is 493 g/mol. The summed E-state index contributed by atoms with van der Waals surface area (Å²) in [6.07, 6.45) is 4.25. The van der Waals surface area contributed by atoms with Crippen molar-refractivity contribution in [3.63, 3.8) is 0 Å². The van der Waals surface area contributed by atoms with E-state index in [0.717, 1.165) is 16.7 Å². The van der Waals surface area contributed by atoms with Crippen LogP contribution in [0.15, 0.2) is 72.9 Å². The minimum absolute atomic E-state index is 0.105. The third kappa shape index (κ3) is 5.76. The molecule has 1 aliphatic rings. The first kappa shape index (κ1) is 27.3. The smallest absolute Gasteiger partial charge is 0.313 e. The molecule has 1 heterocycles. The van der Waals surface area contributed by atoms with Crippen molar-refractivity contribution < 1.29 is 23.8 Å². The summed E-state index contributed by atoms with van der Waals surface area (Å²) in [5.41, 5.74) is 2.53. The Kier molecular flexibility index (Phi) is 8.85. The molecule has 0 amide bonds. The van der Waals surface area contributed by atoms with Gasteiger partial charge in [0.05, 0.1) is 18.8 Å². The van der Waals surface area contributed by atoms with Gasteiger partial charge in [-0.1, -0.05) is 68.5 Å². The lowest BCUT2D eigenvalue weighted by molar-refractivity contribution is -0.143. The summed E-state index contributed by atoms with van der Waals surface area (Å²) in [7, 11) is 1.23. The molecule has 36 heavy (non-hydrogen) atoms. The van der Waals surface area contributed by atoms with Crippen LogP contribution in [0.5, 0.6) is 0 Å². The SMILES string of the molecule is COC(=O)CC(=O)CC(O)/C=C/C1(C(C)C)C(c2ccccc2)C(c2ccc(F)cc2)=CN1C(C)C. The first-order valence-corrected chi connectivity index (χ1v) is 12.4. The first-order valence-electron chi connectivity index (χ1n) is 12.4. The number of hydrogen-bond donors (Lipinski definition) is 1. The predicted octanol–water partition coefficient (Wildman–Crippen LogP) is 5.51. The van der Waals surface area contributed by atoms with Gasteiger partial charge in [0.1, 0.15) is 18.0 Å². The van der Waals surface area contributed by atoms with E-state index in [9.17, 15) is 19.1 Å². The fourth-order valence-corrected chi connectivity index (χ4v) is 5.18. The number of methoxy groups -OCH3 is 1. The Labute approximate surface area is 213 Å². The van der Waals surface area contributed by atoms with Crippen molar-refractivity contribution in [1.82, 2.24) is 4.90 Å². The molecule has 2 aromatic carbocycles. The van der Waals surface area contributed by atoms with E-state index in [1.54, 1.807) is 18.2 Å². The number of aliphatic hydroxyl groups excluding tert-OH is 1. The van der Waals surface area contributed by atoms with Gasteiger partial charge in [-0.25, -0.2) is 4.39 Å². The predicted molar refractivity (Wildman–Crippen MR) is 140 cm³/mol. The van der Waals surface area contributed by atoms with Gasteiger partial charge in [0, 0.05) is 24.6 Å². The third-order valence-electron chi connectivity index (χ3n) is 6.88. The number of benzene rings is 2. The summed E-state index contributed by atoms with van der Waals surface area (Å²) in [5, 5.41) is 10.7. The minimum Gasteiger partial charge on any atom is -0.469 e. The van der Waals surface area contributed by atoms with Crippen molar-refractivity contribution in [3.8, 4) is 0 Å². The number of rotatable bonds is 10. The van der Waals surface area contributed by atoms with Crippen molar-refractivity contribution in [2.45, 2.75) is 64.1 Å². The van der Waals surface area contributed by atoms with Gasteiger partial charge in [0.2, 0.25) is 0 Å². The second-order valence-corrected chi connectivity index (χ2v) is 9.90. The van der Waals surface area contributed by atoms with E-state index < -0.39 is 17.6 Å². The summed E-state index contributed by atoms with van der Waals surface area (Å²) in [6, 6.07) is 16.8. The molecule has 1 aliphatic heterocycles. The Bertz CT molecular complexity index is 1110. The van der Waals surface area contributed by atoms with Crippen molar-refractivity contribution in [3.05, 3.63) is 89.9 Å². The van der Waals surface area contributed by atoms with Crippen molar-refractivity contribution in [2.75, 3.05) is 7.11 Å². The normalized spacial score (nSPS) is 20.8. The molecule has 3 rings (SSSR count). The van der Waals surface area contributed by atoms with Crippen LogP contribution in [-0.2, 0) is 14.3 Å². The number of halogens is 1. The maximum Gasteiger partial charge on any atom is 0.313 e. The lowest BCUT2D eigenvalue weighted by atomic mass is 9.68. The second kappa shape index (κ2) is 11.7. The van der Waals surface area contributed by atoms with Crippen LogP contribution in [0.25, 0.3) is 5.57 Å². The highest BCUT2D eigenvalue weighted by Gasteiger charge is 2.51. The molecule has 0 fully saturated rings. The molecular weight excluding hydrogens is 457 g/mol. The van der Waals surface area contributed by atoms with Gasteiger partial charge in [-0.05, 0) is 48.6 Å². The molecule has 0 saturated heterocycles. The van der Waals surface area contributed by atoms with Crippen LogP contribution >= 0.6 is 0 Å². The number of aliphatic hydroxyl groups is 1. The average molecular weight is 494 g/mol. The molecule has 1 N–H and O–H groups in total. The molecule has 3 atom stereocenters. The number of nitrogens with zero attached hydrogens (tertiary/aromatic N) is 1. The molecule has 0 saturated carbocycles. The standard InChI is InChI=1S/C30H36FNO4/c1-20(2)30(16-15-25(33)17-26(34)18-28(35)36-5)29(23-9-7-6-8-10-23)27(19-32(30)21(3)4)22-11-13-24(31)14-12-22/h6-16,19-21,25,29,33H,17-18H2,1-5H3/b16-15+. The highest BCUT2D eigenvalue weighted by atomic mass is 19.1. The summed E-state index contributed by atoms with van der Waals surface area (Å²) >= 11 is 0. The maximum absolute atomic E-state index is 13.8. The van der Waals surface area contributed by atoms with Gasteiger partial charge in [0.15, 0.2) is 0 Å². The molecule has 5 nitrogen and oxygen atoms in total. The summed E-state index contributed by atoms with van der Waals surface area (Å²) in [4.78, 5) is 25.9. The molecule has 0 aromatic heterocycles. The number of hydrogen-bond acceptors (Lipinski definition) is 5. The molecule has 0 spiro atoms. The molecule has 0 bridgehead atoms. The van der Waals surface area contributed by atoms with Crippen LogP contribution in [0.1, 0.15) is 57.6 Å². The van der Waals surface area contributed by atoms with Gasteiger partial charge in [-0.3, -0.25) is 9.59 Å². The Morgan fingerprint density at radius 1 is 1.08 bits per heavy atom. The molecule has 6 heteroatoms. The van der Waals surface area contributed by atoms with Gasteiger partial charge in [0.25, 0.3) is 0 Å². The van der Waals surface area contributed by atoms with Crippen LogP contribution in [-0.4, -0.2) is 46.6 Å². The van der Waals surface area contributed by atoms with Crippen LogP contribution in [0.2, 0.25) is 0 Å². The summed E-state index contributed by atoms with van der Waals surface area (Å²) < 4.78 is 18.3. The third-order valence-corrected chi connectivity index (χ3v) is 6.88. The van der Waals surface area contributed by atoms with E-state index in [2.05, 4.69) is 55.7 Å². The Balaban J connectivity index is 2.09. The van der Waals surface area contributed by atoms with Gasteiger partial charge >= 0.3 is 5.97 Å². The largest absolute Gasteiger partial charge is 0.469 e. The van der Waals surface area contributed by atoms with E-state index in [1.165, 1.54) is 19.2 Å². The van der Waals surface area contributed by atoms with E-state index >= 15 is 0 Å². The van der Waals surface area contributed by atoms with E-state index in [-0.39, 0.29) is 42.3 Å². The van der Waals surface area contributed by atoms with Crippen LogP contribution < -0.4 is 0 Å². The number of Topliss-reactive ketones (excluding diaryl/α,β-unsaturated/α-hetero) is 1. The molecule has 192 valence electrons. The Morgan fingerprint density at radius 3 is 2.28 bits per heavy atom. The number of ether oxygens (including phenoxy) is 1. The topological polar surface area (TPSA) is 66.8 Å². The fraction of sp³-hybridized carbons (Fsp3) is 0.400. The zero-order chi connectivity index (χ0) is 26.5. The quantitative estimate of drug-likeness (QED) is 0.269. The molecule has 0 aliphatic carbocycles. The first-order chi connectivity index (χ1) is 17.1. The second-order valence-electron chi connectivity index (χ2n) is 9.90. The van der Waals surface area contributed by atoms with Gasteiger partial charge in [-0.2, -0.15) is 0 Å². The zero-order valence-electron chi connectivity index (χ0n) is 21.6. The minimum atomic E-state index is -1.04. The molecular formula is C30H36FNO4. The fourth-order valence-electron chi connectivity index (χ4n) is 5.18. The van der Waals surface area contributed by atoms with Crippen molar-refractivity contribution in [1.29, 1.82) is 0 Å². The van der Waals surface area contributed by atoms with Crippen LogP contribution in [0.3, 0.4) is 0 Å². The number of ketones is 1. The van der Waals surface area contributed by atoms with Gasteiger partial charge < -0.3 is 14.7 Å². The van der Waals surface area contributed by atoms with Crippen LogP contribution in [0.4, 0.5) is 4.39 Å². The number of carbonyl (C=O) groups excluding carboxylic acids is 2. The highest BCUT2D eigenvalue weighted by Crippen LogP contribution is 2.54. The van der Waals surface area contributed by atoms with Crippen molar-refractivity contribution in [2.24, 2.45) is 5.92 Å². The molecule has 2 aromatic rings. The lowest BCUT2D eigenvalue weighted by Crippen LogP contribution is -2.52. The average Bonchev–Trinajstić information content (AvgIpc) is 3.20. The lowest BCUT2D eigenvalue weighted by Gasteiger charge is -2.48. The molecule has 3 unspecified atom stereocenters. The van der Waals surface area contributed by atoms with Gasteiger partial charge in [-0.15, -0.1) is 0 Å². The van der Waals surface area contributed by atoms with E-state index in [1.807, 2.05) is 24.3 Å². The number of esters is 1. The molecule has 0 radical (unpaired) electrons. The summed E-state index contributed by atoms with van der Waals surface area (Å²) in [6.45, 7) is 8.53. The van der Waals surface area contributed by atoms with E-state index in [0.29, 0.717) is 0 Å². The zero-order valence-corrected chi connectivity index (χ0v) is 21.6. The Hall–Kier alpha value is -3.25. The van der Waals surface area contributed by atoms with Crippen molar-refractivity contribution >= 4 is 17.3 Å². The highest BCUT2D eigenvalue weighted by molar-refractivity contribution is 5.95. The van der Waals surface area contributed by atoms with Crippen LogP contribution in [0, 0.1) is 11.7 Å².